The van der Waals surface area contributed by atoms with Crippen LogP contribution in [0.15, 0.2) is 18.3 Å². The summed E-state index contributed by atoms with van der Waals surface area (Å²) in [6.07, 6.45) is 1.62. The van der Waals surface area contributed by atoms with Crippen LogP contribution in [0.5, 0.6) is 0 Å². The van der Waals surface area contributed by atoms with Crippen LogP contribution in [0, 0.1) is 0 Å². The van der Waals surface area contributed by atoms with Crippen molar-refractivity contribution in [1.29, 1.82) is 0 Å². The molecule has 1 aromatic rings. The van der Waals surface area contributed by atoms with Gasteiger partial charge in [0, 0.05) is 18.8 Å². The van der Waals surface area contributed by atoms with Crippen LogP contribution in [0.25, 0.3) is 0 Å². The van der Waals surface area contributed by atoms with Crippen LogP contribution >= 0.6 is 0 Å². The maximum absolute atomic E-state index is 11.0. The van der Waals surface area contributed by atoms with Crippen LogP contribution in [-0.4, -0.2) is 25.8 Å². The van der Waals surface area contributed by atoms with E-state index in [1.807, 2.05) is 7.85 Å². The van der Waals surface area contributed by atoms with Crippen molar-refractivity contribution in [3.63, 3.8) is 0 Å². The molecule has 0 unspecified atom stereocenters. The third-order valence-corrected chi connectivity index (χ3v) is 1.39. The van der Waals surface area contributed by atoms with Gasteiger partial charge >= 0.3 is 0 Å². The molecule has 0 bridgehead atoms. The van der Waals surface area contributed by atoms with E-state index in [0.29, 0.717) is 5.56 Å². The zero-order valence-corrected chi connectivity index (χ0v) is 6.59. The van der Waals surface area contributed by atoms with E-state index in [1.165, 1.54) is 0 Å². The van der Waals surface area contributed by atoms with Gasteiger partial charge in [-0.05, 0) is 17.7 Å². The second kappa shape index (κ2) is 3.19. The van der Waals surface area contributed by atoms with Gasteiger partial charge in [0.2, 0.25) is 0 Å². The number of aromatic nitrogens is 1. The number of nitrogens with zero attached hydrogens (tertiary/aromatic N) is 1. The molecule has 0 aliphatic heterocycles. The average Bonchev–Trinajstić information content (AvgIpc) is 2.03. The van der Waals surface area contributed by atoms with Gasteiger partial charge in [0.1, 0.15) is 0 Å². The molecule has 0 aliphatic carbocycles. The Bertz CT molecular complexity index is 275. The lowest BCUT2D eigenvalue weighted by atomic mass is 10.0. The summed E-state index contributed by atoms with van der Waals surface area (Å²) < 4.78 is 0. The Hall–Kier alpha value is -1.32. The van der Waals surface area contributed by atoms with Gasteiger partial charge in [0.15, 0.2) is 7.85 Å². The van der Waals surface area contributed by atoms with Gasteiger partial charge in [-0.25, -0.2) is 0 Å². The van der Waals surface area contributed by atoms with Crippen molar-refractivity contribution in [2.75, 3.05) is 7.05 Å². The summed E-state index contributed by atoms with van der Waals surface area (Å²) in [4.78, 5) is 15.0. The molecule has 0 fully saturated rings. The first-order chi connectivity index (χ1) is 5.24. The van der Waals surface area contributed by atoms with Crippen molar-refractivity contribution in [3.8, 4) is 0 Å². The maximum Gasteiger partial charge on any atom is 0.251 e. The molecule has 0 radical (unpaired) electrons. The van der Waals surface area contributed by atoms with E-state index in [1.54, 1.807) is 25.4 Å². The van der Waals surface area contributed by atoms with Crippen LogP contribution < -0.4 is 10.9 Å². The zero-order chi connectivity index (χ0) is 8.27. The number of amides is 1. The Kier molecular flexibility index (Phi) is 2.26. The second-order valence-electron chi connectivity index (χ2n) is 2.27. The number of hydrogen-bond donors (Lipinski definition) is 1. The highest BCUT2D eigenvalue weighted by atomic mass is 16.1. The molecule has 1 rings (SSSR count). The molecular weight excluding hydrogens is 139 g/mol. The Labute approximate surface area is 66.2 Å². The van der Waals surface area contributed by atoms with E-state index in [0.717, 1.165) is 5.59 Å². The van der Waals surface area contributed by atoms with Gasteiger partial charge in [0.25, 0.3) is 5.91 Å². The first-order valence-electron chi connectivity index (χ1n) is 3.39. The van der Waals surface area contributed by atoms with Crippen LogP contribution in [0.4, 0.5) is 0 Å². The topological polar surface area (TPSA) is 42.0 Å². The molecule has 0 spiro atoms. The first-order valence-corrected chi connectivity index (χ1v) is 3.39. The van der Waals surface area contributed by atoms with Crippen LogP contribution in [0.3, 0.4) is 0 Å². The third-order valence-electron chi connectivity index (χ3n) is 1.39. The summed E-state index contributed by atoms with van der Waals surface area (Å²) in [5.41, 5.74) is 1.51. The Morgan fingerprint density at radius 2 is 2.45 bits per heavy atom. The molecule has 1 heterocycles. The maximum atomic E-state index is 11.0. The number of pyridine rings is 1. The van der Waals surface area contributed by atoms with Crippen molar-refractivity contribution in [3.05, 3.63) is 23.9 Å². The minimum absolute atomic E-state index is 0.0736. The molecule has 1 N–H and O–H groups in total. The summed E-state index contributed by atoms with van der Waals surface area (Å²) in [6.45, 7) is 0. The number of rotatable bonds is 1. The average molecular weight is 148 g/mol. The minimum Gasteiger partial charge on any atom is -0.355 e. The van der Waals surface area contributed by atoms with Crippen LogP contribution in [0.1, 0.15) is 10.4 Å². The molecule has 1 aromatic heterocycles. The van der Waals surface area contributed by atoms with Gasteiger partial charge in [-0.2, -0.15) is 0 Å². The molecule has 56 valence electrons. The number of hydrogen-bond acceptors (Lipinski definition) is 2. The van der Waals surface area contributed by atoms with Crippen molar-refractivity contribution in [2.24, 2.45) is 0 Å². The highest BCUT2D eigenvalue weighted by molar-refractivity contribution is 6.31. The highest BCUT2D eigenvalue weighted by Gasteiger charge is 2.00. The Morgan fingerprint density at radius 3 is 3.00 bits per heavy atom. The van der Waals surface area contributed by atoms with E-state index in [4.69, 9.17) is 0 Å². The van der Waals surface area contributed by atoms with Gasteiger partial charge in [-0.1, -0.05) is 0 Å². The molecule has 0 aromatic carbocycles. The summed E-state index contributed by atoms with van der Waals surface area (Å²) in [5, 5.41) is 2.54. The quantitative estimate of drug-likeness (QED) is 0.503. The SMILES string of the molecule is Bc1cc(C(=O)NC)ccn1. The van der Waals surface area contributed by atoms with Gasteiger partial charge in [0.05, 0.1) is 0 Å². The number of carbonyl (C=O) groups is 1. The van der Waals surface area contributed by atoms with Crippen molar-refractivity contribution in [1.82, 2.24) is 10.3 Å². The van der Waals surface area contributed by atoms with Gasteiger partial charge < -0.3 is 5.32 Å². The minimum atomic E-state index is -0.0736. The number of carbonyl (C=O) groups excluding carboxylic acids is 1. The van der Waals surface area contributed by atoms with Gasteiger partial charge in [-0.3, -0.25) is 9.78 Å². The molecule has 11 heavy (non-hydrogen) atoms. The Morgan fingerprint density at radius 1 is 1.73 bits per heavy atom. The highest BCUT2D eigenvalue weighted by Crippen LogP contribution is 1.92. The lowest BCUT2D eigenvalue weighted by Crippen LogP contribution is -2.20. The zero-order valence-electron chi connectivity index (χ0n) is 6.59. The molecule has 1 amide bonds. The lowest BCUT2D eigenvalue weighted by Gasteiger charge is -1.98. The van der Waals surface area contributed by atoms with Gasteiger partial charge in [-0.15, -0.1) is 0 Å². The predicted octanol–water partition coefficient (Wildman–Crippen LogP) is -1.30. The monoisotopic (exact) mass is 148 g/mol. The summed E-state index contributed by atoms with van der Waals surface area (Å²) in [7, 11) is 3.46. The summed E-state index contributed by atoms with van der Waals surface area (Å²) in [5.74, 6) is -0.0736. The normalized spacial score (nSPS) is 9.18. The standard InChI is InChI=1S/C7H9BN2O/c1-9-7(11)5-2-3-10-6(8)4-5/h2-4H,8H2,1H3,(H,9,11). The number of nitrogens with one attached hydrogen (secondary N) is 1. The van der Waals surface area contributed by atoms with Crippen molar-refractivity contribution < 1.29 is 4.79 Å². The summed E-state index contributed by atoms with van der Waals surface area (Å²) >= 11 is 0. The smallest absolute Gasteiger partial charge is 0.251 e. The summed E-state index contributed by atoms with van der Waals surface area (Å²) in [6, 6.07) is 3.44. The van der Waals surface area contributed by atoms with E-state index in [-0.39, 0.29) is 5.91 Å². The molecule has 0 aliphatic rings. The first kappa shape index (κ1) is 7.79. The molecule has 4 heteroatoms. The predicted molar refractivity (Wildman–Crippen MR) is 45.8 cm³/mol. The molecule has 0 atom stereocenters. The molecule has 0 saturated carbocycles. The molecular formula is C7H9BN2O. The van der Waals surface area contributed by atoms with Crippen LogP contribution in [-0.2, 0) is 0 Å². The second-order valence-corrected chi connectivity index (χ2v) is 2.27. The van der Waals surface area contributed by atoms with Crippen molar-refractivity contribution in [2.45, 2.75) is 0 Å². The fourth-order valence-corrected chi connectivity index (χ4v) is 0.831. The third kappa shape index (κ3) is 1.80. The van der Waals surface area contributed by atoms with Crippen molar-refractivity contribution >= 4 is 19.3 Å². The van der Waals surface area contributed by atoms with Crippen LogP contribution in [0.2, 0.25) is 0 Å². The fraction of sp³-hybridized carbons (Fsp3) is 0.143. The molecule has 3 nitrogen and oxygen atoms in total. The van der Waals surface area contributed by atoms with E-state index >= 15 is 0 Å². The molecule has 0 saturated heterocycles. The van der Waals surface area contributed by atoms with E-state index < -0.39 is 0 Å². The lowest BCUT2D eigenvalue weighted by molar-refractivity contribution is 0.0963. The largest absolute Gasteiger partial charge is 0.355 e. The van der Waals surface area contributed by atoms with E-state index in [2.05, 4.69) is 10.3 Å². The van der Waals surface area contributed by atoms with E-state index in [9.17, 15) is 4.79 Å². The Balaban J connectivity index is 2.96. The fourth-order valence-electron chi connectivity index (χ4n) is 0.831.